The Labute approximate surface area is 189 Å². The van der Waals surface area contributed by atoms with Crippen LogP contribution in [0, 0.1) is 0 Å². The minimum Gasteiger partial charge on any atom is -0.366 e. The summed E-state index contributed by atoms with van der Waals surface area (Å²) in [6.07, 6.45) is -2.69. The highest BCUT2D eigenvalue weighted by Crippen LogP contribution is 2.29. The number of urea groups is 1. The van der Waals surface area contributed by atoms with Crippen LogP contribution in [-0.4, -0.2) is 90.6 Å². The fourth-order valence-electron chi connectivity index (χ4n) is 4.69. The molecule has 0 spiro atoms. The standard InChI is InChI=1S/C22H27F3N4O4/c1-27(20(31)14-2-4-15(5-3-14)22(23,24)25)16-6-9-28(10-7-16)21(32)29-11-8-18-17(12-29)26-19(30)13-33-18/h2-5,16-18H,6-13H2,1H3,(H,26,30)/t17-,18+/m1/s1. The molecule has 1 aromatic carbocycles. The second-order valence-electron chi connectivity index (χ2n) is 8.75. The molecule has 1 N–H and O–H groups in total. The Kier molecular flexibility index (Phi) is 6.51. The third-order valence-electron chi connectivity index (χ3n) is 6.66. The number of carbonyl (C=O) groups excluding carboxylic acids is 3. The van der Waals surface area contributed by atoms with Gasteiger partial charge in [-0.2, -0.15) is 13.2 Å². The maximum atomic E-state index is 13.0. The lowest BCUT2D eigenvalue weighted by atomic mass is 10.00. The van der Waals surface area contributed by atoms with Crippen LogP contribution in [0.3, 0.4) is 0 Å². The number of hydrogen-bond donors (Lipinski definition) is 1. The van der Waals surface area contributed by atoms with Crippen LogP contribution in [0.1, 0.15) is 35.2 Å². The molecule has 0 radical (unpaired) electrons. The Balaban J connectivity index is 1.29. The van der Waals surface area contributed by atoms with Gasteiger partial charge in [0, 0.05) is 44.8 Å². The number of piperidine rings is 2. The number of alkyl halides is 3. The molecule has 8 nitrogen and oxygen atoms in total. The summed E-state index contributed by atoms with van der Waals surface area (Å²) in [5.41, 5.74) is -0.597. The molecule has 0 unspecified atom stereocenters. The molecule has 0 bridgehead atoms. The summed E-state index contributed by atoms with van der Waals surface area (Å²) in [4.78, 5) is 42.3. The van der Waals surface area contributed by atoms with Gasteiger partial charge in [-0.05, 0) is 43.5 Å². The van der Waals surface area contributed by atoms with Crippen LogP contribution in [0.5, 0.6) is 0 Å². The van der Waals surface area contributed by atoms with Crippen molar-refractivity contribution in [3.63, 3.8) is 0 Å². The minimum absolute atomic E-state index is 0.0569. The van der Waals surface area contributed by atoms with Crippen LogP contribution < -0.4 is 5.32 Å². The average Bonchev–Trinajstić information content (AvgIpc) is 2.81. The molecule has 3 aliphatic rings. The fraction of sp³-hybridized carbons (Fsp3) is 0.591. The molecule has 3 saturated heterocycles. The van der Waals surface area contributed by atoms with Gasteiger partial charge in [0.2, 0.25) is 5.91 Å². The Morgan fingerprint density at radius 1 is 1.06 bits per heavy atom. The van der Waals surface area contributed by atoms with Crippen LogP contribution in [0.15, 0.2) is 24.3 Å². The summed E-state index contributed by atoms with van der Waals surface area (Å²) in [5, 5.41) is 2.88. The number of rotatable bonds is 2. The molecule has 4 rings (SSSR count). The van der Waals surface area contributed by atoms with Crippen LogP contribution in [0.25, 0.3) is 0 Å². The number of likely N-dealkylation sites (tertiary alicyclic amines) is 2. The van der Waals surface area contributed by atoms with Crippen LogP contribution in [0.2, 0.25) is 0 Å². The lowest BCUT2D eigenvalue weighted by Crippen LogP contribution is -2.62. The van der Waals surface area contributed by atoms with Crippen LogP contribution in [-0.2, 0) is 15.7 Å². The smallest absolute Gasteiger partial charge is 0.366 e. The predicted octanol–water partition coefficient (Wildman–Crippen LogP) is 1.95. The summed E-state index contributed by atoms with van der Waals surface area (Å²) >= 11 is 0. The number of carbonyl (C=O) groups is 3. The van der Waals surface area contributed by atoms with Gasteiger partial charge >= 0.3 is 12.2 Å². The number of halogens is 3. The van der Waals surface area contributed by atoms with Crippen molar-refractivity contribution < 1.29 is 32.3 Å². The van der Waals surface area contributed by atoms with Crippen molar-refractivity contribution in [1.29, 1.82) is 0 Å². The summed E-state index contributed by atoms with van der Waals surface area (Å²) in [6, 6.07) is 3.80. The summed E-state index contributed by atoms with van der Waals surface area (Å²) < 4.78 is 43.8. The zero-order chi connectivity index (χ0) is 23.8. The molecule has 180 valence electrons. The van der Waals surface area contributed by atoms with E-state index < -0.39 is 11.7 Å². The van der Waals surface area contributed by atoms with Gasteiger partial charge < -0.3 is 24.8 Å². The Bertz CT molecular complexity index is 900. The molecule has 0 saturated carbocycles. The predicted molar refractivity (Wildman–Crippen MR) is 111 cm³/mol. The molecular weight excluding hydrogens is 441 g/mol. The minimum atomic E-state index is -4.45. The van der Waals surface area contributed by atoms with Crippen LogP contribution >= 0.6 is 0 Å². The van der Waals surface area contributed by atoms with Gasteiger partial charge in [0.1, 0.15) is 6.61 Å². The van der Waals surface area contributed by atoms with E-state index >= 15 is 0 Å². The van der Waals surface area contributed by atoms with E-state index in [4.69, 9.17) is 4.74 Å². The molecule has 3 heterocycles. The zero-order valence-corrected chi connectivity index (χ0v) is 18.3. The third-order valence-corrected chi connectivity index (χ3v) is 6.66. The van der Waals surface area contributed by atoms with Crippen molar-refractivity contribution in [1.82, 2.24) is 20.0 Å². The van der Waals surface area contributed by atoms with E-state index in [2.05, 4.69) is 5.32 Å². The highest BCUT2D eigenvalue weighted by molar-refractivity contribution is 5.94. The van der Waals surface area contributed by atoms with E-state index in [1.54, 1.807) is 21.7 Å². The first-order valence-corrected chi connectivity index (χ1v) is 11.0. The largest absolute Gasteiger partial charge is 0.416 e. The summed E-state index contributed by atoms with van der Waals surface area (Å²) in [5.74, 6) is -0.518. The van der Waals surface area contributed by atoms with Crippen molar-refractivity contribution in [2.75, 3.05) is 39.8 Å². The lowest BCUT2D eigenvalue weighted by molar-refractivity contribution is -0.140. The summed E-state index contributed by atoms with van der Waals surface area (Å²) in [6.45, 7) is 1.97. The molecule has 0 aromatic heterocycles. The number of hydrogen-bond acceptors (Lipinski definition) is 4. The van der Waals surface area contributed by atoms with Gasteiger partial charge in [0.15, 0.2) is 0 Å². The SMILES string of the molecule is CN(C(=O)c1ccc(C(F)(F)F)cc1)C1CCN(C(=O)N2CC[C@@H]3OCC(=O)N[C@@H]3C2)CC1. The number of amides is 4. The number of benzene rings is 1. The molecule has 11 heteroatoms. The zero-order valence-electron chi connectivity index (χ0n) is 18.3. The van der Waals surface area contributed by atoms with Gasteiger partial charge in [0.25, 0.3) is 5.91 Å². The average molecular weight is 468 g/mol. The topological polar surface area (TPSA) is 82.2 Å². The first-order valence-electron chi connectivity index (χ1n) is 11.0. The van der Waals surface area contributed by atoms with Gasteiger partial charge in [-0.1, -0.05) is 0 Å². The van der Waals surface area contributed by atoms with E-state index in [0.29, 0.717) is 45.4 Å². The van der Waals surface area contributed by atoms with E-state index in [-0.39, 0.29) is 48.2 Å². The fourth-order valence-corrected chi connectivity index (χ4v) is 4.69. The molecule has 3 aliphatic heterocycles. The molecule has 3 fully saturated rings. The van der Waals surface area contributed by atoms with E-state index in [1.165, 1.54) is 12.1 Å². The van der Waals surface area contributed by atoms with Gasteiger partial charge in [-0.15, -0.1) is 0 Å². The first kappa shape index (κ1) is 23.3. The van der Waals surface area contributed by atoms with Gasteiger partial charge in [-0.25, -0.2) is 4.79 Å². The van der Waals surface area contributed by atoms with Crippen molar-refractivity contribution in [3.8, 4) is 0 Å². The third kappa shape index (κ3) is 5.07. The monoisotopic (exact) mass is 468 g/mol. The van der Waals surface area contributed by atoms with Crippen molar-refractivity contribution in [3.05, 3.63) is 35.4 Å². The van der Waals surface area contributed by atoms with Crippen molar-refractivity contribution in [2.45, 2.75) is 43.6 Å². The second-order valence-corrected chi connectivity index (χ2v) is 8.75. The molecular formula is C22H27F3N4O4. The van der Waals surface area contributed by atoms with E-state index in [1.807, 2.05) is 0 Å². The molecule has 0 aliphatic carbocycles. The Morgan fingerprint density at radius 3 is 2.33 bits per heavy atom. The molecule has 33 heavy (non-hydrogen) atoms. The number of morpholine rings is 1. The first-order chi connectivity index (χ1) is 15.6. The van der Waals surface area contributed by atoms with E-state index in [9.17, 15) is 27.6 Å². The van der Waals surface area contributed by atoms with Gasteiger partial charge in [-0.3, -0.25) is 9.59 Å². The lowest BCUT2D eigenvalue weighted by Gasteiger charge is -2.44. The number of nitrogens with zero attached hydrogens (tertiary/aromatic N) is 3. The quantitative estimate of drug-likeness (QED) is 0.720. The van der Waals surface area contributed by atoms with Crippen molar-refractivity contribution in [2.24, 2.45) is 0 Å². The molecule has 2 atom stereocenters. The van der Waals surface area contributed by atoms with Gasteiger partial charge in [0.05, 0.1) is 17.7 Å². The molecule has 4 amide bonds. The Morgan fingerprint density at radius 2 is 1.70 bits per heavy atom. The molecule has 1 aromatic rings. The Hall–Kier alpha value is -2.82. The van der Waals surface area contributed by atoms with Crippen molar-refractivity contribution >= 4 is 17.8 Å². The maximum absolute atomic E-state index is 13.0. The number of fused-ring (bicyclic) bond motifs is 1. The highest BCUT2D eigenvalue weighted by Gasteiger charge is 2.38. The normalized spacial score (nSPS) is 24.2. The second kappa shape index (κ2) is 9.20. The number of nitrogens with one attached hydrogen (secondary N) is 1. The maximum Gasteiger partial charge on any atom is 0.416 e. The highest BCUT2D eigenvalue weighted by atomic mass is 19.4. The van der Waals surface area contributed by atoms with E-state index in [0.717, 1.165) is 12.1 Å². The summed E-state index contributed by atoms with van der Waals surface area (Å²) in [7, 11) is 1.64. The number of ether oxygens (including phenoxy) is 1. The van der Waals surface area contributed by atoms with Crippen LogP contribution in [0.4, 0.5) is 18.0 Å².